The van der Waals surface area contributed by atoms with Crippen molar-refractivity contribution in [1.29, 1.82) is 0 Å². The average molecular weight is 426 g/mol. The van der Waals surface area contributed by atoms with Gasteiger partial charge in [-0.25, -0.2) is 14.0 Å². The number of benzene rings is 2. The van der Waals surface area contributed by atoms with Gasteiger partial charge in [-0.1, -0.05) is 38.1 Å². The van der Waals surface area contributed by atoms with Gasteiger partial charge < -0.3 is 14.8 Å². The summed E-state index contributed by atoms with van der Waals surface area (Å²) in [6.07, 6.45) is 0. The molecule has 1 aliphatic rings. The first-order valence-corrected chi connectivity index (χ1v) is 10.2. The first-order chi connectivity index (χ1) is 14.8. The number of rotatable bonds is 7. The summed E-state index contributed by atoms with van der Waals surface area (Å²) >= 11 is 0. The van der Waals surface area contributed by atoms with Gasteiger partial charge in [0.15, 0.2) is 0 Å². The summed E-state index contributed by atoms with van der Waals surface area (Å²) in [5, 5.41) is 2.79. The molecular formula is C24H27FN2O4. The summed E-state index contributed by atoms with van der Waals surface area (Å²) in [4.78, 5) is 26.8. The van der Waals surface area contributed by atoms with Crippen LogP contribution in [-0.4, -0.2) is 37.2 Å². The molecule has 0 unspecified atom stereocenters. The molecule has 2 amide bonds. The quantitative estimate of drug-likeness (QED) is 0.660. The zero-order valence-electron chi connectivity index (χ0n) is 18.1. The highest BCUT2D eigenvalue weighted by Gasteiger charge is 2.37. The second-order valence-corrected chi connectivity index (χ2v) is 7.59. The summed E-state index contributed by atoms with van der Waals surface area (Å²) in [5.41, 5.74) is 2.41. The molecule has 0 fully saturated rings. The minimum absolute atomic E-state index is 0.00319. The lowest BCUT2D eigenvalue weighted by Gasteiger charge is -2.34. The minimum Gasteiger partial charge on any atom is -0.487 e. The number of urea groups is 1. The molecule has 0 saturated heterocycles. The first-order valence-electron chi connectivity index (χ1n) is 10.2. The fraction of sp³-hybridized carbons (Fsp3) is 0.333. The van der Waals surface area contributed by atoms with Gasteiger partial charge in [0.2, 0.25) is 0 Å². The van der Waals surface area contributed by atoms with E-state index in [9.17, 15) is 14.0 Å². The highest BCUT2D eigenvalue weighted by atomic mass is 19.1. The predicted molar refractivity (Wildman–Crippen MR) is 115 cm³/mol. The van der Waals surface area contributed by atoms with Crippen LogP contribution < -0.4 is 10.1 Å². The van der Waals surface area contributed by atoms with E-state index in [1.807, 2.05) is 24.3 Å². The van der Waals surface area contributed by atoms with Crippen molar-refractivity contribution in [3.63, 3.8) is 0 Å². The number of hydrogen-bond donors (Lipinski definition) is 1. The van der Waals surface area contributed by atoms with Crippen LogP contribution in [0.25, 0.3) is 0 Å². The Balaban J connectivity index is 1.97. The maximum Gasteiger partial charge on any atom is 0.338 e. The molecule has 164 valence electrons. The van der Waals surface area contributed by atoms with Crippen LogP contribution in [0.2, 0.25) is 0 Å². The molecule has 2 aromatic carbocycles. The number of nitrogens with zero attached hydrogens (tertiary/aromatic N) is 1. The van der Waals surface area contributed by atoms with E-state index in [-0.39, 0.29) is 18.8 Å². The minimum atomic E-state index is -0.773. The van der Waals surface area contributed by atoms with Crippen molar-refractivity contribution in [3.8, 4) is 5.75 Å². The SMILES string of the molecule is CCOC(=O)C1=C(COc2ccc(C(C)C)cc2)N(C)C(=O)N[C@H]1c1ccc(F)cc1. The van der Waals surface area contributed by atoms with E-state index < -0.39 is 23.9 Å². The summed E-state index contributed by atoms with van der Waals surface area (Å²) in [6.45, 7) is 6.11. The molecule has 1 N–H and O–H groups in total. The van der Waals surface area contributed by atoms with E-state index in [2.05, 4.69) is 19.2 Å². The van der Waals surface area contributed by atoms with Crippen LogP contribution in [0.3, 0.4) is 0 Å². The maximum absolute atomic E-state index is 13.4. The second-order valence-electron chi connectivity index (χ2n) is 7.59. The predicted octanol–water partition coefficient (Wildman–Crippen LogP) is 4.54. The largest absolute Gasteiger partial charge is 0.487 e. The van der Waals surface area contributed by atoms with E-state index in [0.717, 1.165) is 0 Å². The van der Waals surface area contributed by atoms with Gasteiger partial charge >= 0.3 is 12.0 Å². The fourth-order valence-electron chi connectivity index (χ4n) is 3.39. The number of ether oxygens (including phenoxy) is 2. The maximum atomic E-state index is 13.4. The van der Waals surface area contributed by atoms with E-state index in [1.54, 1.807) is 14.0 Å². The zero-order chi connectivity index (χ0) is 22.5. The molecule has 31 heavy (non-hydrogen) atoms. The van der Waals surface area contributed by atoms with Gasteiger partial charge in [0.1, 0.15) is 18.2 Å². The summed E-state index contributed by atoms with van der Waals surface area (Å²) < 4.78 is 24.6. The third-order valence-corrected chi connectivity index (χ3v) is 5.20. The third-order valence-electron chi connectivity index (χ3n) is 5.20. The van der Waals surface area contributed by atoms with Crippen molar-refractivity contribution in [3.05, 3.63) is 76.7 Å². The summed E-state index contributed by atoms with van der Waals surface area (Å²) in [7, 11) is 1.57. The number of halogens is 1. The number of amides is 2. The van der Waals surface area contributed by atoms with Crippen molar-refractivity contribution in [1.82, 2.24) is 10.2 Å². The van der Waals surface area contributed by atoms with Crippen molar-refractivity contribution in [2.45, 2.75) is 32.7 Å². The van der Waals surface area contributed by atoms with Crippen LogP contribution in [0.4, 0.5) is 9.18 Å². The van der Waals surface area contributed by atoms with Gasteiger partial charge in [0, 0.05) is 7.05 Å². The fourth-order valence-corrected chi connectivity index (χ4v) is 3.39. The highest BCUT2D eigenvalue weighted by Crippen LogP contribution is 2.31. The smallest absolute Gasteiger partial charge is 0.338 e. The van der Waals surface area contributed by atoms with Crippen molar-refractivity contribution in [2.24, 2.45) is 0 Å². The van der Waals surface area contributed by atoms with E-state index in [4.69, 9.17) is 9.47 Å². The molecule has 1 atom stereocenters. The van der Waals surface area contributed by atoms with Gasteiger partial charge in [0.25, 0.3) is 0 Å². The number of likely N-dealkylation sites (N-methyl/N-ethyl adjacent to an activating group) is 1. The normalized spacial score (nSPS) is 16.4. The van der Waals surface area contributed by atoms with Crippen LogP contribution in [-0.2, 0) is 9.53 Å². The molecule has 3 rings (SSSR count). The Morgan fingerprint density at radius 2 is 1.77 bits per heavy atom. The molecule has 7 heteroatoms. The molecule has 0 saturated carbocycles. The molecule has 0 spiro atoms. The summed E-state index contributed by atoms with van der Waals surface area (Å²) in [5.74, 6) is 0.0603. The van der Waals surface area contributed by atoms with Crippen molar-refractivity contribution < 1.29 is 23.5 Å². The number of esters is 1. The molecule has 0 aromatic heterocycles. The van der Waals surface area contributed by atoms with Crippen molar-refractivity contribution in [2.75, 3.05) is 20.3 Å². The number of hydrogen-bond acceptors (Lipinski definition) is 4. The molecule has 1 heterocycles. The Bertz CT molecular complexity index is 968. The van der Waals surface area contributed by atoms with Crippen LogP contribution in [0.1, 0.15) is 43.9 Å². The van der Waals surface area contributed by atoms with Crippen LogP contribution in [0.15, 0.2) is 59.8 Å². The lowest BCUT2D eigenvalue weighted by atomic mass is 9.94. The number of carbonyl (C=O) groups is 2. The van der Waals surface area contributed by atoms with Crippen LogP contribution >= 0.6 is 0 Å². The standard InChI is InChI=1S/C24H27FN2O4/c1-5-30-23(28)21-20(14-31-19-12-8-16(9-13-19)15(2)3)27(4)24(29)26-22(21)17-6-10-18(25)11-7-17/h6-13,15,22H,5,14H2,1-4H3,(H,26,29)/t22-/m0/s1. The first kappa shape index (κ1) is 22.3. The Morgan fingerprint density at radius 3 is 2.35 bits per heavy atom. The Kier molecular flexibility index (Phi) is 6.95. The average Bonchev–Trinajstić information content (AvgIpc) is 2.75. The van der Waals surface area contributed by atoms with E-state index >= 15 is 0 Å². The monoisotopic (exact) mass is 426 g/mol. The van der Waals surface area contributed by atoms with Crippen LogP contribution in [0.5, 0.6) is 5.75 Å². The van der Waals surface area contributed by atoms with Gasteiger partial charge in [-0.2, -0.15) is 0 Å². The van der Waals surface area contributed by atoms with Crippen LogP contribution in [0, 0.1) is 5.82 Å². The Hall–Kier alpha value is -3.35. The van der Waals surface area contributed by atoms with Crippen molar-refractivity contribution >= 4 is 12.0 Å². The van der Waals surface area contributed by atoms with Gasteiger partial charge in [-0.3, -0.25) is 4.90 Å². The van der Waals surface area contributed by atoms with Gasteiger partial charge in [-0.05, 0) is 48.2 Å². The molecule has 1 aliphatic heterocycles. The molecule has 0 radical (unpaired) electrons. The lowest BCUT2D eigenvalue weighted by molar-refractivity contribution is -0.139. The number of nitrogens with one attached hydrogen (secondary N) is 1. The Morgan fingerprint density at radius 1 is 1.13 bits per heavy atom. The number of carbonyl (C=O) groups excluding carboxylic acids is 2. The zero-order valence-corrected chi connectivity index (χ0v) is 18.1. The molecule has 0 bridgehead atoms. The third kappa shape index (κ3) is 5.05. The molecule has 6 nitrogen and oxygen atoms in total. The topological polar surface area (TPSA) is 67.9 Å². The molecule has 2 aromatic rings. The van der Waals surface area contributed by atoms with E-state index in [0.29, 0.717) is 22.9 Å². The lowest BCUT2D eigenvalue weighted by Crippen LogP contribution is -2.48. The van der Waals surface area contributed by atoms with E-state index in [1.165, 1.54) is 34.7 Å². The highest BCUT2D eigenvalue weighted by molar-refractivity contribution is 5.95. The molecule has 0 aliphatic carbocycles. The second kappa shape index (κ2) is 9.64. The summed E-state index contributed by atoms with van der Waals surface area (Å²) in [6, 6.07) is 12.2. The van der Waals surface area contributed by atoms with Gasteiger partial charge in [0.05, 0.1) is 23.9 Å². The molecular weight excluding hydrogens is 399 g/mol. The Labute approximate surface area is 181 Å². The van der Waals surface area contributed by atoms with Gasteiger partial charge in [-0.15, -0.1) is 0 Å².